The first-order valence-corrected chi connectivity index (χ1v) is 11.7. The SMILES string of the molecule is CCOC(=O)c1c(NC(=S)NC(=O)c2ccc(-c3ccc(Cl)cc3Cl)o2)sc(C(=O)OC)c1C. The first-order valence-electron chi connectivity index (χ1n) is 9.72. The van der Waals surface area contributed by atoms with Gasteiger partial charge in [-0.3, -0.25) is 10.1 Å². The number of thiophene rings is 1. The highest BCUT2D eigenvalue weighted by Crippen LogP contribution is 2.34. The molecule has 1 amide bonds. The topological polar surface area (TPSA) is 107 Å². The van der Waals surface area contributed by atoms with Crippen LogP contribution in [-0.2, 0) is 9.47 Å². The molecule has 2 heterocycles. The lowest BCUT2D eigenvalue weighted by atomic mass is 10.1. The summed E-state index contributed by atoms with van der Waals surface area (Å²) in [5.74, 6) is -1.54. The maximum atomic E-state index is 12.6. The number of carbonyl (C=O) groups is 3. The Morgan fingerprint density at radius 3 is 2.53 bits per heavy atom. The van der Waals surface area contributed by atoms with Crippen molar-refractivity contribution in [2.45, 2.75) is 13.8 Å². The van der Waals surface area contributed by atoms with Gasteiger partial charge in [-0.05, 0) is 62.0 Å². The third-order valence-electron chi connectivity index (χ3n) is 4.48. The molecule has 34 heavy (non-hydrogen) atoms. The number of rotatable bonds is 6. The second kappa shape index (κ2) is 11.0. The second-order valence-corrected chi connectivity index (χ2v) is 8.94. The molecule has 0 saturated heterocycles. The zero-order chi connectivity index (χ0) is 25.0. The molecule has 0 unspecified atom stereocenters. The van der Waals surface area contributed by atoms with Gasteiger partial charge in [0, 0.05) is 10.6 Å². The molecule has 3 rings (SSSR count). The lowest BCUT2D eigenvalue weighted by Gasteiger charge is -2.09. The van der Waals surface area contributed by atoms with Gasteiger partial charge in [-0.25, -0.2) is 9.59 Å². The summed E-state index contributed by atoms with van der Waals surface area (Å²) in [5.41, 5.74) is 1.07. The van der Waals surface area contributed by atoms with Gasteiger partial charge in [-0.1, -0.05) is 23.2 Å². The monoisotopic (exact) mass is 540 g/mol. The van der Waals surface area contributed by atoms with Crippen LogP contribution < -0.4 is 10.6 Å². The summed E-state index contributed by atoms with van der Waals surface area (Å²) in [4.78, 5) is 37.4. The lowest BCUT2D eigenvalue weighted by molar-refractivity contribution is 0.0527. The molecule has 3 aromatic rings. The van der Waals surface area contributed by atoms with Gasteiger partial charge in [0.15, 0.2) is 10.9 Å². The number of hydrogen-bond donors (Lipinski definition) is 2. The molecule has 0 spiro atoms. The van der Waals surface area contributed by atoms with Crippen LogP contribution in [0.3, 0.4) is 0 Å². The number of thiocarbonyl (C=S) groups is 1. The van der Waals surface area contributed by atoms with Gasteiger partial charge in [0.2, 0.25) is 0 Å². The van der Waals surface area contributed by atoms with E-state index in [4.69, 9.17) is 49.3 Å². The summed E-state index contributed by atoms with van der Waals surface area (Å²) in [5, 5.41) is 6.20. The van der Waals surface area contributed by atoms with Crippen LogP contribution in [0.1, 0.15) is 43.1 Å². The minimum absolute atomic E-state index is 0.0200. The van der Waals surface area contributed by atoms with E-state index in [9.17, 15) is 14.4 Å². The summed E-state index contributed by atoms with van der Waals surface area (Å²) in [6.45, 7) is 3.39. The van der Waals surface area contributed by atoms with Crippen LogP contribution in [-0.4, -0.2) is 36.7 Å². The molecule has 2 aromatic heterocycles. The molecule has 0 bridgehead atoms. The highest BCUT2D eigenvalue weighted by molar-refractivity contribution is 7.80. The highest BCUT2D eigenvalue weighted by atomic mass is 35.5. The lowest BCUT2D eigenvalue weighted by Crippen LogP contribution is -2.34. The number of carbonyl (C=O) groups excluding carboxylic acids is 3. The molecule has 0 fully saturated rings. The van der Waals surface area contributed by atoms with E-state index < -0.39 is 17.8 Å². The normalized spacial score (nSPS) is 10.5. The molecule has 0 radical (unpaired) electrons. The molecule has 0 atom stereocenters. The van der Waals surface area contributed by atoms with E-state index in [2.05, 4.69) is 10.6 Å². The van der Waals surface area contributed by atoms with E-state index in [0.29, 0.717) is 26.9 Å². The van der Waals surface area contributed by atoms with Crippen LogP contribution in [0.25, 0.3) is 11.3 Å². The van der Waals surface area contributed by atoms with E-state index in [1.165, 1.54) is 13.2 Å². The van der Waals surface area contributed by atoms with Gasteiger partial charge in [0.1, 0.15) is 15.6 Å². The van der Waals surface area contributed by atoms with Crippen LogP contribution in [0.15, 0.2) is 34.7 Å². The fraction of sp³-hybridized carbons (Fsp3) is 0.182. The number of amides is 1. The average molecular weight is 541 g/mol. The Morgan fingerprint density at radius 1 is 1.15 bits per heavy atom. The summed E-state index contributed by atoms with van der Waals surface area (Å²) in [7, 11) is 1.23. The molecule has 0 aliphatic heterocycles. The average Bonchev–Trinajstić information content (AvgIpc) is 3.38. The van der Waals surface area contributed by atoms with E-state index in [1.54, 1.807) is 38.1 Å². The Kier molecular flexibility index (Phi) is 8.32. The standard InChI is InChI=1S/C22H18Cl2N2O6S2/c1-4-31-20(28)16-10(2)17(21(29)30-3)34-19(16)26-22(33)25-18(27)15-8-7-14(32-15)12-6-5-11(23)9-13(12)24/h5-9H,4H2,1-3H3,(H2,25,26,27,33). The van der Waals surface area contributed by atoms with Crippen molar-refractivity contribution in [2.24, 2.45) is 0 Å². The molecule has 178 valence electrons. The van der Waals surface area contributed by atoms with Crippen molar-refractivity contribution in [3.05, 3.63) is 62.1 Å². The molecule has 1 aromatic carbocycles. The van der Waals surface area contributed by atoms with Crippen LogP contribution in [0.2, 0.25) is 10.0 Å². The number of anilines is 1. The summed E-state index contributed by atoms with van der Waals surface area (Å²) in [6, 6.07) is 7.94. The molecule has 0 saturated carbocycles. The third-order valence-corrected chi connectivity index (χ3v) is 6.42. The fourth-order valence-electron chi connectivity index (χ4n) is 2.93. The maximum Gasteiger partial charge on any atom is 0.348 e. The maximum absolute atomic E-state index is 12.6. The Hall–Kier alpha value is -2.92. The number of furan rings is 1. The first kappa shape index (κ1) is 25.7. The number of methoxy groups -OCH3 is 1. The van der Waals surface area contributed by atoms with E-state index >= 15 is 0 Å². The fourth-order valence-corrected chi connectivity index (χ4v) is 4.81. The van der Waals surface area contributed by atoms with Crippen LogP contribution >= 0.6 is 46.8 Å². The summed E-state index contributed by atoms with van der Waals surface area (Å²) >= 11 is 18.3. The van der Waals surface area contributed by atoms with E-state index in [1.807, 2.05) is 0 Å². The Labute approximate surface area is 214 Å². The molecule has 0 aliphatic rings. The number of halogens is 2. The molecular weight excluding hydrogens is 523 g/mol. The van der Waals surface area contributed by atoms with Crippen molar-refractivity contribution in [1.82, 2.24) is 5.32 Å². The predicted molar refractivity (Wildman–Crippen MR) is 134 cm³/mol. The number of hydrogen-bond acceptors (Lipinski definition) is 8. The van der Waals surface area contributed by atoms with Crippen LogP contribution in [0, 0.1) is 6.92 Å². The van der Waals surface area contributed by atoms with Gasteiger partial charge in [0.25, 0.3) is 5.91 Å². The predicted octanol–water partition coefficient (Wildman–Crippen LogP) is 5.71. The number of esters is 2. The molecule has 8 nitrogen and oxygen atoms in total. The van der Waals surface area contributed by atoms with E-state index in [0.717, 1.165) is 11.3 Å². The van der Waals surface area contributed by atoms with Crippen molar-refractivity contribution in [3.63, 3.8) is 0 Å². The Balaban J connectivity index is 1.78. The Bertz CT molecular complexity index is 1280. The number of benzene rings is 1. The number of nitrogens with one attached hydrogen (secondary N) is 2. The van der Waals surface area contributed by atoms with Gasteiger partial charge < -0.3 is 19.2 Å². The minimum Gasteiger partial charge on any atom is -0.465 e. The Morgan fingerprint density at radius 2 is 1.88 bits per heavy atom. The van der Waals surface area contributed by atoms with E-state index in [-0.39, 0.29) is 32.9 Å². The van der Waals surface area contributed by atoms with Gasteiger partial charge in [0.05, 0.1) is 24.3 Å². The number of ether oxygens (including phenoxy) is 2. The highest BCUT2D eigenvalue weighted by Gasteiger charge is 2.27. The van der Waals surface area contributed by atoms with Gasteiger partial charge in [-0.2, -0.15) is 0 Å². The van der Waals surface area contributed by atoms with Crippen molar-refractivity contribution >= 4 is 74.7 Å². The van der Waals surface area contributed by atoms with Crippen molar-refractivity contribution in [1.29, 1.82) is 0 Å². The van der Waals surface area contributed by atoms with Crippen molar-refractivity contribution in [3.8, 4) is 11.3 Å². The molecule has 0 aliphatic carbocycles. The minimum atomic E-state index is -0.640. The first-order chi connectivity index (χ1) is 16.2. The summed E-state index contributed by atoms with van der Waals surface area (Å²) in [6.07, 6.45) is 0. The van der Waals surface area contributed by atoms with Crippen LogP contribution in [0.4, 0.5) is 5.00 Å². The zero-order valence-electron chi connectivity index (χ0n) is 18.1. The second-order valence-electron chi connectivity index (χ2n) is 6.67. The quantitative estimate of drug-likeness (QED) is 0.302. The van der Waals surface area contributed by atoms with Crippen molar-refractivity contribution < 1.29 is 28.3 Å². The largest absolute Gasteiger partial charge is 0.465 e. The molecule has 2 N–H and O–H groups in total. The van der Waals surface area contributed by atoms with Gasteiger partial charge >= 0.3 is 11.9 Å². The smallest absolute Gasteiger partial charge is 0.348 e. The summed E-state index contributed by atoms with van der Waals surface area (Å²) < 4.78 is 15.5. The third kappa shape index (κ3) is 5.58. The van der Waals surface area contributed by atoms with Crippen LogP contribution in [0.5, 0.6) is 0 Å². The molecular formula is C22H18Cl2N2O6S2. The zero-order valence-corrected chi connectivity index (χ0v) is 21.3. The van der Waals surface area contributed by atoms with Gasteiger partial charge in [-0.15, -0.1) is 11.3 Å². The molecule has 12 heteroatoms. The van der Waals surface area contributed by atoms with Crippen molar-refractivity contribution in [2.75, 3.05) is 19.0 Å².